The molecule has 0 spiro atoms. The Kier molecular flexibility index (Phi) is 3.56. The number of nitrogens with zero attached hydrogens (tertiary/aromatic N) is 1. The normalized spacial score (nSPS) is 20.8. The van der Waals surface area contributed by atoms with Crippen molar-refractivity contribution in [1.82, 2.24) is 10.2 Å². The Bertz CT molecular complexity index is 419. The number of piperazine rings is 1. The van der Waals surface area contributed by atoms with Gasteiger partial charge in [-0.1, -0.05) is 18.2 Å². The minimum Gasteiger partial charge on any atom is -0.324 e. The van der Waals surface area contributed by atoms with Crippen molar-refractivity contribution < 1.29 is 18.0 Å². The maximum absolute atomic E-state index is 12.8. The van der Waals surface area contributed by atoms with Gasteiger partial charge in [-0.2, -0.15) is 13.2 Å². The minimum absolute atomic E-state index is 0.0674. The highest BCUT2D eigenvalue weighted by molar-refractivity contribution is 5.94. The van der Waals surface area contributed by atoms with Gasteiger partial charge in [-0.3, -0.25) is 4.79 Å². The number of rotatable bonds is 1. The largest absolute Gasteiger partial charge is 0.410 e. The topological polar surface area (TPSA) is 32.3 Å². The molecule has 1 aromatic carbocycles. The van der Waals surface area contributed by atoms with Gasteiger partial charge >= 0.3 is 6.18 Å². The van der Waals surface area contributed by atoms with Crippen molar-refractivity contribution in [1.29, 1.82) is 0 Å². The fraction of sp³-hybridized carbons (Fsp3) is 0.417. The Hall–Kier alpha value is -1.56. The first-order chi connectivity index (χ1) is 8.50. The first-order valence-corrected chi connectivity index (χ1v) is 5.63. The van der Waals surface area contributed by atoms with E-state index in [1.165, 1.54) is 12.1 Å². The predicted octanol–water partition coefficient (Wildman–Crippen LogP) is 1.66. The van der Waals surface area contributed by atoms with Crippen molar-refractivity contribution in [3.05, 3.63) is 35.9 Å². The van der Waals surface area contributed by atoms with E-state index >= 15 is 0 Å². The quantitative estimate of drug-likeness (QED) is 0.831. The highest BCUT2D eigenvalue weighted by atomic mass is 19.4. The second kappa shape index (κ2) is 4.97. The molecule has 1 fully saturated rings. The van der Waals surface area contributed by atoms with E-state index in [9.17, 15) is 18.0 Å². The maximum Gasteiger partial charge on any atom is 0.410 e. The number of carbonyl (C=O) groups excluding carboxylic acids is 1. The number of carbonyl (C=O) groups is 1. The van der Waals surface area contributed by atoms with Gasteiger partial charge in [-0.15, -0.1) is 0 Å². The summed E-state index contributed by atoms with van der Waals surface area (Å²) >= 11 is 0. The van der Waals surface area contributed by atoms with Crippen LogP contribution in [0, 0.1) is 0 Å². The van der Waals surface area contributed by atoms with E-state index in [1.807, 2.05) is 0 Å². The standard InChI is InChI=1S/C12H13F3N2O/c13-12(14,15)10-8-16-6-7-17(10)11(18)9-4-2-1-3-5-9/h1-5,10,16H,6-8H2. The zero-order chi connectivity index (χ0) is 13.2. The summed E-state index contributed by atoms with van der Waals surface area (Å²) < 4.78 is 38.5. The van der Waals surface area contributed by atoms with E-state index in [2.05, 4.69) is 5.32 Å². The Labute approximate surface area is 103 Å². The van der Waals surface area contributed by atoms with Crippen molar-refractivity contribution >= 4 is 5.91 Å². The van der Waals surface area contributed by atoms with E-state index in [0.29, 0.717) is 6.54 Å². The summed E-state index contributed by atoms with van der Waals surface area (Å²) in [5, 5.41) is 2.66. The van der Waals surface area contributed by atoms with Crippen LogP contribution in [0.15, 0.2) is 30.3 Å². The van der Waals surface area contributed by atoms with Crippen molar-refractivity contribution in [3.63, 3.8) is 0 Å². The number of nitrogens with one attached hydrogen (secondary N) is 1. The van der Waals surface area contributed by atoms with Crippen molar-refractivity contribution in [2.24, 2.45) is 0 Å². The Morgan fingerprint density at radius 2 is 1.94 bits per heavy atom. The third-order valence-electron chi connectivity index (χ3n) is 2.90. The number of amides is 1. The number of benzene rings is 1. The third kappa shape index (κ3) is 2.64. The Balaban J connectivity index is 2.22. The highest BCUT2D eigenvalue weighted by Gasteiger charge is 2.46. The molecule has 1 N–H and O–H groups in total. The Morgan fingerprint density at radius 1 is 1.28 bits per heavy atom. The molecule has 1 aliphatic rings. The van der Waals surface area contributed by atoms with Crippen LogP contribution in [0.1, 0.15) is 10.4 Å². The molecule has 98 valence electrons. The molecule has 1 unspecified atom stereocenters. The van der Waals surface area contributed by atoms with Gasteiger partial charge in [0, 0.05) is 25.2 Å². The molecule has 1 aliphatic heterocycles. The van der Waals surface area contributed by atoms with E-state index in [4.69, 9.17) is 0 Å². The van der Waals surface area contributed by atoms with Crippen LogP contribution in [-0.2, 0) is 0 Å². The average Bonchev–Trinajstić information content (AvgIpc) is 2.38. The molecule has 1 aromatic rings. The minimum atomic E-state index is -4.40. The summed E-state index contributed by atoms with van der Waals surface area (Å²) in [5.41, 5.74) is 0.286. The average molecular weight is 258 g/mol. The fourth-order valence-electron chi connectivity index (χ4n) is 1.99. The number of halogens is 3. The smallest absolute Gasteiger partial charge is 0.324 e. The zero-order valence-electron chi connectivity index (χ0n) is 9.57. The molecular weight excluding hydrogens is 245 g/mol. The van der Waals surface area contributed by atoms with E-state index in [0.717, 1.165) is 4.90 Å². The van der Waals surface area contributed by atoms with Crippen LogP contribution < -0.4 is 5.32 Å². The van der Waals surface area contributed by atoms with Crippen LogP contribution in [0.3, 0.4) is 0 Å². The van der Waals surface area contributed by atoms with Crippen molar-refractivity contribution in [2.45, 2.75) is 12.2 Å². The van der Waals surface area contributed by atoms with Gasteiger partial charge in [-0.05, 0) is 12.1 Å². The summed E-state index contributed by atoms with van der Waals surface area (Å²) in [7, 11) is 0. The molecule has 0 bridgehead atoms. The summed E-state index contributed by atoms with van der Waals surface area (Å²) in [6.07, 6.45) is -4.40. The summed E-state index contributed by atoms with van der Waals surface area (Å²) in [6.45, 7) is 0.200. The summed E-state index contributed by atoms with van der Waals surface area (Å²) in [4.78, 5) is 12.9. The lowest BCUT2D eigenvalue weighted by molar-refractivity contribution is -0.179. The van der Waals surface area contributed by atoms with Crippen LogP contribution in [0.25, 0.3) is 0 Å². The molecule has 1 heterocycles. The monoisotopic (exact) mass is 258 g/mol. The van der Waals surface area contributed by atoms with Crippen molar-refractivity contribution in [3.8, 4) is 0 Å². The van der Waals surface area contributed by atoms with Crippen LogP contribution in [0.5, 0.6) is 0 Å². The van der Waals surface area contributed by atoms with E-state index in [-0.39, 0.29) is 18.7 Å². The van der Waals surface area contributed by atoms with Crippen LogP contribution in [-0.4, -0.2) is 42.7 Å². The summed E-state index contributed by atoms with van der Waals surface area (Å²) in [5.74, 6) is -0.570. The molecule has 0 aliphatic carbocycles. The van der Waals surface area contributed by atoms with Gasteiger partial charge in [-0.25, -0.2) is 0 Å². The van der Waals surface area contributed by atoms with E-state index < -0.39 is 18.1 Å². The first kappa shape index (κ1) is 12.9. The number of hydrogen-bond acceptors (Lipinski definition) is 2. The molecule has 0 aromatic heterocycles. The molecule has 6 heteroatoms. The van der Waals surface area contributed by atoms with Gasteiger partial charge in [0.25, 0.3) is 5.91 Å². The molecule has 2 rings (SSSR count). The number of alkyl halides is 3. The SMILES string of the molecule is O=C(c1ccccc1)N1CCNCC1C(F)(F)F. The molecule has 0 saturated carbocycles. The zero-order valence-corrected chi connectivity index (χ0v) is 9.57. The second-order valence-electron chi connectivity index (χ2n) is 4.13. The molecule has 0 radical (unpaired) electrons. The maximum atomic E-state index is 12.8. The molecule has 1 atom stereocenters. The van der Waals surface area contributed by atoms with Gasteiger partial charge in [0.05, 0.1) is 0 Å². The summed E-state index contributed by atoms with van der Waals surface area (Å²) in [6, 6.07) is 6.29. The fourth-order valence-corrected chi connectivity index (χ4v) is 1.99. The molecule has 1 saturated heterocycles. The lowest BCUT2D eigenvalue weighted by Gasteiger charge is -2.37. The lowest BCUT2D eigenvalue weighted by Crippen LogP contribution is -2.59. The van der Waals surface area contributed by atoms with Gasteiger partial charge in [0.15, 0.2) is 0 Å². The van der Waals surface area contributed by atoms with Gasteiger partial charge in [0.1, 0.15) is 6.04 Å². The molecule has 3 nitrogen and oxygen atoms in total. The Morgan fingerprint density at radius 3 is 2.56 bits per heavy atom. The molecule has 18 heavy (non-hydrogen) atoms. The highest BCUT2D eigenvalue weighted by Crippen LogP contribution is 2.26. The first-order valence-electron chi connectivity index (χ1n) is 5.63. The van der Waals surface area contributed by atoms with Crippen molar-refractivity contribution in [2.75, 3.05) is 19.6 Å². The third-order valence-corrected chi connectivity index (χ3v) is 2.90. The van der Waals surface area contributed by atoms with Crippen LogP contribution in [0.2, 0.25) is 0 Å². The molecule has 1 amide bonds. The predicted molar refractivity (Wildman–Crippen MR) is 60.2 cm³/mol. The molecular formula is C12H13F3N2O. The van der Waals surface area contributed by atoms with Gasteiger partial charge in [0.2, 0.25) is 0 Å². The van der Waals surface area contributed by atoms with E-state index in [1.54, 1.807) is 18.2 Å². The van der Waals surface area contributed by atoms with Crippen LogP contribution in [0.4, 0.5) is 13.2 Å². The van der Waals surface area contributed by atoms with Crippen LogP contribution >= 0.6 is 0 Å². The second-order valence-corrected chi connectivity index (χ2v) is 4.13. The lowest BCUT2D eigenvalue weighted by atomic mass is 10.1. The number of hydrogen-bond donors (Lipinski definition) is 1. The van der Waals surface area contributed by atoms with Gasteiger partial charge < -0.3 is 10.2 Å².